The predicted octanol–water partition coefficient (Wildman–Crippen LogP) is 3.95. The Hall–Kier alpha value is -0.0800. The molecule has 0 bridgehead atoms. The zero-order chi connectivity index (χ0) is 13.3. The number of nitrogens with zero attached hydrogens (tertiary/aromatic N) is 1. The molecule has 104 valence electrons. The molecule has 0 aromatic rings. The van der Waals surface area contributed by atoms with E-state index in [1.807, 2.05) is 13.8 Å². The van der Waals surface area contributed by atoms with E-state index >= 15 is 0 Å². The lowest BCUT2D eigenvalue weighted by atomic mass is 9.77. The fraction of sp³-hybridized carbons (Fsp3) is 1.00. The zero-order valence-corrected chi connectivity index (χ0v) is 12.9. The van der Waals surface area contributed by atoms with Gasteiger partial charge in [0, 0.05) is 0 Å². The average molecular weight is 243 g/mol. The lowest BCUT2D eigenvalue weighted by molar-refractivity contribution is 0.0764. The summed E-state index contributed by atoms with van der Waals surface area (Å²) in [5, 5.41) is 0. The smallest absolute Gasteiger partial charge is 0.0553 e. The maximum absolute atomic E-state index is 5.66. The van der Waals surface area contributed by atoms with Crippen LogP contribution in [0.25, 0.3) is 0 Å². The quantitative estimate of drug-likeness (QED) is 0.639. The van der Waals surface area contributed by atoms with Crippen LogP contribution in [0.15, 0.2) is 0 Å². The van der Waals surface area contributed by atoms with Crippen molar-refractivity contribution in [2.45, 2.75) is 66.4 Å². The Morgan fingerprint density at radius 3 is 2.00 bits per heavy atom. The third kappa shape index (κ3) is 5.87. The van der Waals surface area contributed by atoms with Gasteiger partial charge in [0.05, 0.1) is 12.7 Å². The van der Waals surface area contributed by atoms with Crippen LogP contribution in [0.5, 0.6) is 0 Å². The van der Waals surface area contributed by atoms with Crippen LogP contribution in [0.4, 0.5) is 0 Å². The van der Waals surface area contributed by atoms with Crippen molar-refractivity contribution in [3.05, 3.63) is 0 Å². The van der Waals surface area contributed by atoms with Gasteiger partial charge in [0.1, 0.15) is 0 Å². The van der Waals surface area contributed by atoms with Gasteiger partial charge in [-0.15, -0.1) is 0 Å². The third-order valence-electron chi connectivity index (χ3n) is 3.44. The molecule has 2 saturated heterocycles. The lowest BCUT2D eigenvalue weighted by Crippen LogP contribution is -2.38. The van der Waals surface area contributed by atoms with Crippen molar-refractivity contribution < 1.29 is 4.74 Å². The number of likely N-dealkylation sites (tertiary alicyclic amines) is 1. The van der Waals surface area contributed by atoms with E-state index in [0.29, 0.717) is 11.5 Å². The standard InChI is InChI=1S/C10H19NO.C3H8.C2H6/c1-9-7-10(8-12-9)3-5-11(2)6-4-10;1-3-2;1-2/h9H,3-8H2,1-2H3;3H2,1-2H3;1-2H3. The van der Waals surface area contributed by atoms with Gasteiger partial charge in [-0.25, -0.2) is 0 Å². The average Bonchev–Trinajstić information content (AvgIpc) is 2.69. The maximum Gasteiger partial charge on any atom is 0.0553 e. The summed E-state index contributed by atoms with van der Waals surface area (Å²) in [6.45, 7) is 14.0. The van der Waals surface area contributed by atoms with Crippen molar-refractivity contribution in [1.82, 2.24) is 4.90 Å². The molecule has 2 heteroatoms. The van der Waals surface area contributed by atoms with Crippen LogP contribution in [0.3, 0.4) is 0 Å². The fourth-order valence-electron chi connectivity index (χ4n) is 2.49. The minimum absolute atomic E-state index is 0.508. The van der Waals surface area contributed by atoms with Crippen molar-refractivity contribution in [1.29, 1.82) is 0 Å². The van der Waals surface area contributed by atoms with Gasteiger partial charge >= 0.3 is 0 Å². The first-order valence-electron chi connectivity index (χ1n) is 7.42. The van der Waals surface area contributed by atoms with Crippen molar-refractivity contribution >= 4 is 0 Å². The molecule has 1 atom stereocenters. The first-order valence-corrected chi connectivity index (χ1v) is 7.42. The molecule has 2 aliphatic heterocycles. The number of hydrogen-bond acceptors (Lipinski definition) is 2. The van der Waals surface area contributed by atoms with Gasteiger partial charge < -0.3 is 9.64 Å². The molecular weight excluding hydrogens is 210 g/mol. The largest absolute Gasteiger partial charge is 0.378 e. The highest BCUT2D eigenvalue weighted by atomic mass is 16.5. The van der Waals surface area contributed by atoms with Crippen LogP contribution in [0.2, 0.25) is 0 Å². The molecule has 17 heavy (non-hydrogen) atoms. The second kappa shape index (κ2) is 8.93. The molecule has 0 N–H and O–H groups in total. The van der Waals surface area contributed by atoms with Crippen molar-refractivity contribution in [2.24, 2.45) is 5.41 Å². The predicted molar refractivity (Wildman–Crippen MR) is 76.5 cm³/mol. The van der Waals surface area contributed by atoms with Gasteiger partial charge in [0.15, 0.2) is 0 Å². The molecule has 2 heterocycles. The van der Waals surface area contributed by atoms with Crippen LogP contribution < -0.4 is 0 Å². The van der Waals surface area contributed by atoms with Gasteiger partial charge in [-0.2, -0.15) is 0 Å². The molecule has 1 unspecified atom stereocenters. The molecule has 0 aliphatic carbocycles. The minimum atomic E-state index is 0.508. The molecule has 0 radical (unpaired) electrons. The van der Waals surface area contributed by atoms with Crippen LogP contribution >= 0.6 is 0 Å². The van der Waals surface area contributed by atoms with Gasteiger partial charge in [-0.1, -0.05) is 34.1 Å². The molecule has 0 saturated carbocycles. The second-order valence-corrected chi connectivity index (χ2v) is 5.34. The number of rotatable bonds is 0. The van der Waals surface area contributed by atoms with Crippen LogP contribution in [-0.4, -0.2) is 37.7 Å². The minimum Gasteiger partial charge on any atom is -0.378 e. The Bertz CT molecular complexity index is 174. The molecule has 2 aliphatic rings. The summed E-state index contributed by atoms with van der Waals surface area (Å²) in [7, 11) is 2.21. The summed E-state index contributed by atoms with van der Waals surface area (Å²) in [5.74, 6) is 0. The Labute approximate surface area is 109 Å². The Morgan fingerprint density at radius 1 is 1.18 bits per heavy atom. The summed E-state index contributed by atoms with van der Waals surface area (Å²) in [6.07, 6.45) is 5.73. The Balaban J connectivity index is 0.000000450. The number of piperidine rings is 1. The summed E-state index contributed by atoms with van der Waals surface area (Å²) in [6, 6.07) is 0. The van der Waals surface area contributed by atoms with Crippen molar-refractivity contribution in [2.75, 3.05) is 26.7 Å². The fourth-order valence-corrected chi connectivity index (χ4v) is 2.49. The summed E-state index contributed by atoms with van der Waals surface area (Å²) in [4.78, 5) is 2.42. The Morgan fingerprint density at radius 2 is 1.65 bits per heavy atom. The normalized spacial score (nSPS) is 26.8. The monoisotopic (exact) mass is 243 g/mol. The summed E-state index contributed by atoms with van der Waals surface area (Å²) in [5.41, 5.74) is 0.561. The molecule has 2 fully saturated rings. The van der Waals surface area contributed by atoms with E-state index in [1.165, 1.54) is 38.8 Å². The van der Waals surface area contributed by atoms with Gasteiger partial charge in [-0.05, 0) is 51.7 Å². The number of ether oxygens (including phenoxy) is 1. The highest BCUT2D eigenvalue weighted by Gasteiger charge is 2.40. The van der Waals surface area contributed by atoms with E-state index < -0.39 is 0 Å². The van der Waals surface area contributed by atoms with Gasteiger partial charge in [-0.3, -0.25) is 0 Å². The molecular formula is C15H33NO. The topological polar surface area (TPSA) is 12.5 Å². The molecule has 0 aromatic heterocycles. The second-order valence-electron chi connectivity index (χ2n) is 5.34. The van der Waals surface area contributed by atoms with E-state index in [2.05, 4.69) is 32.7 Å². The van der Waals surface area contributed by atoms with E-state index in [9.17, 15) is 0 Å². The summed E-state index contributed by atoms with van der Waals surface area (Å²) >= 11 is 0. The molecule has 2 rings (SSSR count). The third-order valence-corrected chi connectivity index (χ3v) is 3.44. The molecule has 2 nitrogen and oxygen atoms in total. The number of hydrogen-bond donors (Lipinski definition) is 0. The molecule has 1 spiro atoms. The first kappa shape index (κ1) is 16.9. The van der Waals surface area contributed by atoms with Crippen LogP contribution in [0.1, 0.15) is 60.3 Å². The van der Waals surface area contributed by atoms with E-state index in [0.717, 1.165) is 6.61 Å². The highest BCUT2D eigenvalue weighted by molar-refractivity contribution is 4.90. The van der Waals surface area contributed by atoms with Gasteiger partial charge in [0.2, 0.25) is 0 Å². The highest BCUT2D eigenvalue weighted by Crippen LogP contribution is 2.41. The SMILES string of the molecule is CC.CC1CC2(CCN(C)CC2)CO1.CCC. The van der Waals surface area contributed by atoms with Crippen molar-refractivity contribution in [3.8, 4) is 0 Å². The molecule has 0 aromatic carbocycles. The van der Waals surface area contributed by atoms with E-state index in [1.54, 1.807) is 0 Å². The van der Waals surface area contributed by atoms with Crippen LogP contribution in [0, 0.1) is 5.41 Å². The van der Waals surface area contributed by atoms with Crippen LogP contribution in [-0.2, 0) is 4.74 Å². The van der Waals surface area contributed by atoms with E-state index in [-0.39, 0.29) is 0 Å². The maximum atomic E-state index is 5.66. The van der Waals surface area contributed by atoms with Crippen molar-refractivity contribution in [3.63, 3.8) is 0 Å². The zero-order valence-electron chi connectivity index (χ0n) is 12.9. The summed E-state index contributed by atoms with van der Waals surface area (Å²) < 4.78 is 5.66. The van der Waals surface area contributed by atoms with E-state index in [4.69, 9.17) is 4.74 Å². The molecule has 0 amide bonds. The Kier molecular flexibility index (Phi) is 8.89. The first-order chi connectivity index (χ1) is 8.12. The lowest BCUT2D eigenvalue weighted by Gasteiger charge is -2.36. The van der Waals surface area contributed by atoms with Gasteiger partial charge in [0.25, 0.3) is 0 Å².